The van der Waals surface area contributed by atoms with E-state index in [-0.39, 0.29) is 23.2 Å². The topological polar surface area (TPSA) is 57.4 Å². The van der Waals surface area contributed by atoms with E-state index < -0.39 is 11.6 Å². The van der Waals surface area contributed by atoms with Crippen LogP contribution in [0.25, 0.3) is 0 Å². The Balaban J connectivity index is 3.12. The smallest absolute Gasteiger partial charge is 0.202 e. The van der Waals surface area contributed by atoms with Crippen molar-refractivity contribution < 1.29 is 13.5 Å². The van der Waals surface area contributed by atoms with Gasteiger partial charge in [0.15, 0.2) is 22.9 Å². The van der Waals surface area contributed by atoms with E-state index in [0.29, 0.717) is 0 Å². The highest BCUT2D eigenvalue weighted by molar-refractivity contribution is 8.13. The van der Waals surface area contributed by atoms with Gasteiger partial charge < -0.3 is 4.74 Å². The molecule has 0 unspecified atom stereocenters. The first-order chi connectivity index (χ1) is 8.63. The third-order valence-corrected chi connectivity index (χ3v) is 2.48. The number of nitrogens with one attached hydrogen (secondary N) is 1. The molecule has 0 atom stereocenters. The second-order valence-electron chi connectivity index (χ2n) is 3.00. The molecule has 1 rings (SSSR count). The first-order valence-electron chi connectivity index (χ1n) is 5.02. The Bertz CT molecular complexity index is 500. The summed E-state index contributed by atoms with van der Waals surface area (Å²) in [7, 11) is 0. The summed E-state index contributed by atoms with van der Waals surface area (Å²) in [4.78, 5) is 3.80. The number of thioether (sulfide) groups is 1. The molecule has 0 amide bonds. The Hall–Kier alpha value is -1.81. The molecule has 0 aliphatic heterocycles. The number of rotatable bonds is 3. The molecule has 0 aliphatic carbocycles. The van der Waals surface area contributed by atoms with Gasteiger partial charge in [0.25, 0.3) is 0 Å². The summed E-state index contributed by atoms with van der Waals surface area (Å²) in [6.45, 7) is 1.91. The van der Waals surface area contributed by atoms with Crippen molar-refractivity contribution in [1.82, 2.24) is 5.32 Å². The third-order valence-electron chi connectivity index (χ3n) is 1.90. The highest BCUT2D eigenvalue weighted by atomic mass is 32.2. The van der Waals surface area contributed by atoms with Crippen LogP contribution >= 0.6 is 11.8 Å². The van der Waals surface area contributed by atoms with Gasteiger partial charge in [-0.2, -0.15) is 9.65 Å². The molecule has 7 heteroatoms. The van der Waals surface area contributed by atoms with Crippen molar-refractivity contribution in [1.29, 1.82) is 5.26 Å². The summed E-state index contributed by atoms with van der Waals surface area (Å²) in [5, 5.41) is 10.9. The molecule has 0 spiro atoms. The van der Waals surface area contributed by atoms with Crippen molar-refractivity contribution in [3.63, 3.8) is 0 Å². The maximum absolute atomic E-state index is 13.6. The molecule has 0 saturated carbocycles. The van der Waals surface area contributed by atoms with Crippen LogP contribution < -0.4 is 10.1 Å². The first-order valence-corrected chi connectivity index (χ1v) is 6.25. The highest BCUT2D eigenvalue weighted by Gasteiger charge is 2.14. The maximum Gasteiger partial charge on any atom is 0.202 e. The maximum atomic E-state index is 13.6. The number of benzene rings is 1. The number of hydrogen-bond donors (Lipinski definition) is 1. The normalized spacial score (nSPS) is 10.9. The molecule has 0 aliphatic rings. The summed E-state index contributed by atoms with van der Waals surface area (Å²) in [6.07, 6.45) is 3.32. The van der Waals surface area contributed by atoms with E-state index in [1.807, 2.05) is 0 Å². The average Bonchev–Trinajstić information content (AvgIpc) is 2.37. The Kier molecular flexibility index (Phi) is 5.39. The van der Waals surface area contributed by atoms with Gasteiger partial charge in [-0.05, 0) is 25.3 Å². The van der Waals surface area contributed by atoms with Gasteiger partial charge in [0, 0.05) is 0 Å². The van der Waals surface area contributed by atoms with Crippen molar-refractivity contribution in [3.05, 3.63) is 23.8 Å². The van der Waals surface area contributed by atoms with Crippen LogP contribution in [0.15, 0.2) is 17.1 Å². The van der Waals surface area contributed by atoms with E-state index in [1.54, 1.807) is 19.4 Å². The molecule has 1 aromatic carbocycles. The Morgan fingerprint density at radius 3 is 2.78 bits per heavy atom. The van der Waals surface area contributed by atoms with Gasteiger partial charge in [0.05, 0.1) is 6.61 Å². The number of nitriles is 1. The summed E-state index contributed by atoms with van der Waals surface area (Å²) in [5.41, 5.74) is -0.192. The minimum absolute atomic E-state index is 0.159. The van der Waals surface area contributed by atoms with Gasteiger partial charge in [-0.1, -0.05) is 11.8 Å². The first kappa shape index (κ1) is 14.3. The van der Waals surface area contributed by atoms with Gasteiger partial charge in [-0.25, -0.2) is 9.38 Å². The molecule has 4 nitrogen and oxygen atoms in total. The fourth-order valence-electron chi connectivity index (χ4n) is 1.16. The van der Waals surface area contributed by atoms with Crippen molar-refractivity contribution in [3.8, 4) is 11.9 Å². The molecule has 1 N–H and O–H groups in total. The molecular formula is C11H11F2N3OS. The van der Waals surface area contributed by atoms with Gasteiger partial charge in [0.2, 0.25) is 5.82 Å². The minimum Gasteiger partial charge on any atom is -0.491 e. The van der Waals surface area contributed by atoms with Crippen molar-refractivity contribution >= 4 is 22.6 Å². The zero-order valence-corrected chi connectivity index (χ0v) is 10.6. The van der Waals surface area contributed by atoms with Crippen LogP contribution in [0.5, 0.6) is 5.75 Å². The summed E-state index contributed by atoms with van der Waals surface area (Å²) in [6, 6.07) is 2.59. The van der Waals surface area contributed by atoms with Crippen molar-refractivity contribution in [2.45, 2.75) is 6.92 Å². The zero-order valence-electron chi connectivity index (χ0n) is 9.83. The number of hydrogen-bond acceptors (Lipinski definition) is 4. The van der Waals surface area contributed by atoms with E-state index in [9.17, 15) is 8.78 Å². The molecule has 0 fully saturated rings. The number of ether oxygens (including phenoxy) is 1. The fourth-order valence-corrected chi connectivity index (χ4v) is 1.49. The second-order valence-corrected chi connectivity index (χ2v) is 3.80. The predicted octanol–water partition coefficient (Wildman–Crippen LogP) is 2.78. The average molecular weight is 271 g/mol. The summed E-state index contributed by atoms with van der Waals surface area (Å²) < 4.78 is 32.1. The largest absolute Gasteiger partial charge is 0.491 e. The lowest BCUT2D eigenvalue weighted by Gasteiger charge is -2.07. The number of aliphatic imine (C=N–C) groups is 1. The van der Waals surface area contributed by atoms with E-state index >= 15 is 0 Å². The molecule has 0 heterocycles. The molecule has 0 aromatic heterocycles. The Labute approximate surface area is 108 Å². The molecule has 0 bridgehead atoms. The van der Waals surface area contributed by atoms with Crippen LogP contribution in [0.1, 0.15) is 6.92 Å². The minimum atomic E-state index is -1.10. The van der Waals surface area contributed by atoms with Crippen LogP contribution in [0.4, 0.5) is 14.5 Å². The lowest BCUT2D eigenvalue weighted by molar-refractivity contribution is 0.314. The fraction of sp³-hybridized carbons (Fsp3) is 0.273. The number of halogens is 2. The van der Waals surface area contributed by atoms with Crippen LogP contribution in [-0.4, -0.2) is 18.0 Å². The molecule has 0 radical (unpaired) electrons. The predicted molar refractivity (Wildman–Crippen MR) is 66.9 cm³/mol. The lowest BCUT2D eigenvalue weighted by Crippen LogP contribution is -2.12. The van der Waals surface area contributed by atoms with Crippen LogP contribution in [0.3, 0.4) is 0 Å². The standard InChI is InChI=1S/C11H11F2N3OS/c1-3-17-8-5-4-7(9(12)10(8)13)16-11(18-2)15-6-14/h4-5H,3H2,1-2H3,(H,15,16). The molecule has 0 saturated heterocycles. The van der Waals surface area contributed by atoms with E-state index in [0.717, 1.165) is 11.8 Å². The zero-order chi connectivity index (χ0) is 13.5. The van der Waals surface area contributed by atoms with Gasteiger partial charge in [-0.3, -0.25) is 5.32 Å². The summed E-state index contributed by atoms with van der Waals surface area (Å²) >= 11 is 1.11. The van der Waals surface area contributed by atoms with Gasteiger partial charge in [-0.15, -0.1) is 0 Å². The van der Waals surface area contributed by atoms with E-state index in [1.165, 1.54) is 12.1 Å². The van der Waals surface area contributed by atoms with E-state index in [4.69, 9.17) is 10.00 Å². The summed E-state index contributed by atoms with van der Waals surface area (Å²) in [5.74, 6) is -2.35. The van der Waals surface area contributed by atoms with Crippen molar-refractivity contribution in [2.75, 3.05) is 12.9 Å². The number of amidine groups is 1. The number of nitrogens with zero attached hydrogens (tertiary/aromatic N) is 2. The monoisotopic (exact) mass is 271 g/mol. The van der Waals surface area contributed by atoms with E-state index in [2.05, 4.69) is 10.3 Å². The van der Waals surface area contributed by atoms with Gasteiger partial charge >= 0.3 is 0 Å². The van der Waals surface area contributed by atoms with Crippen LogP contribution in [0.2, 0.25) is 0 Å². The van der Waals surface area contributed by atoms with Crippen LogP contribution in [0, 0.1) is 23.1 Å². The molecule has 96 valence electrons. The Morgan fingerprint density at radius 1 is 1.50 bits per heavy atom. The van der Waals surface area contributed by atoms with Crippen molar-refractivity contribution in [2.24, 2.45) is 4.99 Å². The molecule has 18 heavy (non-hydrogen) atoms. The second kappa shape index (κ2) is 6.81. The lowest BCUT2D eigenvalue weighted by atomic mass is 10.3. The third kappa shape index (κ3) is 3.34. The van der Waals surface area contributed by atoms with Gasteiger partial charge in [0.1, 0.15) is 5.69 Å². The highest BCUT2D eigenvalue weighted by Crippen LogP contribution is 2.28. The molecule has 1 aromatic rings. The molecular weight excluding hydrogens is 260 g/mol. The van der Waals surface area contributed by atoms with Crippen LogP contribution in [-0.2, 0) is 0 Å². The SMILES string of the molecule is CCOc1ccc(N=C(NC#N)SC)c(F)c1F. The Morgan fingerprint density at radius 2 is 2.22 bits per heavy atom. The quantitative estimate of drug-likeness (QED) is 0.397.